The summed E-state index contributed by atoms with van der Waals surface area (Å²) in [5.41, 5.74) is 1.34. The average molecular weight is 294 g/mol. The van der Waals surface area contributed by atoms with Crippen LogP contribution in [0.5, 0.6) is 0 Å². The predicted molar refractivity (Wildman–Crippen MR) is 80.5 cm³/mol. The highest BCUT2D eigenvalue weighted by molar-refractivity contribution is 5.89. The van der Waals surface area contributed by atoms with E-state index in [1.54, 1.807) is 29.2 Å². The van der Waals surface area contributed by atoms with Crippen molar-refractivity contribution in [2.75, 3.05) is 31.6 Å². The molecule has 0 fully saturated rings. The fraction of sp³-hybridized carbons (Fsp3) is 0.467. The lowest BCUT2D eigenvalue weighted by Crippen LogP contribution is -2.37. The number of rotatable bonds is 8. The van der Waals surface area contributed by atoms with Crippen LogP contribution in [-0.2, 0) is 16.0 Å². The van der Waals surface area contributed by atoms with Crippen molar-refractivity contribution in [2.24, 2.45) is 0 Å². The second-order valence-corrected chi connectivity index (χ2v) is 4.47. The van der Waals surface area contributed by atoms with E-state index in [1.807, 2.05) is 13.8 Å². The highest BCUT2D eigenvalue weighted by Crippen LogP contribution is 2.11. The maximum atomic E-state index is 12.1. The molecule has 0 saturated carbocycles. The summed E-state index contributed by atoms with van der Waals surface area (Å²) in [6, 6.07) is 6.60. The molecule has 1 aromatic rings. The number of ether oxygens (including phenoxy) is 1. The van der Waals surface area contributed by atoms with Crippen molar-refractivity contribution < 1.29 is 19.4 Å². The zero-order chi connectivity index (χ0) is 15.7. The molecule has 6 heteroatoms. The number of amides is 2. The molecular weight excluding hydrogens is 272 g/mol. The molecule has 0 radical (unpaired) electrons. The van der Waals surface area contributed by atoms with Crippen molar-refractivity contribution in [3.63, 3.8) is 0 Å². The third-order valence-corrected chi connectivity index (χ3v) is 2.94. The van der Waals surface area contributed by atoms with Gasteiger partial charge in [0.25, 0.3) is 0 Å². The third kappa shape index (κ3) is 6.27. The Labute approximate surface area is 124 Å². The largest absolute Gasteiger partial charge is 0.481 e. The molecule has 0 spiro atoms. The number of carboxylic acids is 1. The number of carbonyl (C=O) groups is 2. The number of urea groups is 1. The van der Waals surface area contributed by atoms with Crippen LogP contribution < -0.4 is 5.32 Å². The molecule has 1 aromatic carbocycles. The van der Waals surface area contributed by atoms with Crippen LogP contribution in [0.4, 0.5) is 10.5 Å². The number of carboxylic acid groups (broad SMARTS) is 1. The molecule has 2 N–H and O–H groups in total. The van der Waals surface area contributed by atoms with E-state index >= 15 is 0 Å². The maximum Gasteiger partial charge on any atom is 0.321 e. The maximum absolute atomic E-state index is 12.1. The Balaban J connectivity index is 2.54. The van der Waals surface area contributed by atoms with Crippen LogP contribution in [0.2, 0.25) is 0 Å². The Morgan fingerprint density at radius 2 is 1.90 bits per heavy atom. The number of aliphatic carboxylic acids is 1. The van der Waals surface area contributed by atoms with E-state index in [4.69, 9.17) is 9.84 Å². The van der Waals surface area contributed by atoms with Crippen LogP contribution in [0.25, 0.3) is 0 Å². The van der Waals surface area contributed by atoms with E-state index in [2.05, 4.69) is 5.32 Å². The highest BCUT2D eigenvalue weighted by atomic mass is 16.5. The highest BCUT2D eigenvalue weighted by Gasteiger charge is 2.11. The van der Waals surface area contributed by atoms with Crippen molar-refractivity contribution in [2.45, 2.75) is 20.3 Å². The van der Waals surface area contributed by atoms with Gasteiger partial charge in [0.05, 0.1) is 13.0 Å². The van der Waals surface area contributed by atoms with Gasteiger partial charge in [0.15, 0.2) is 0 Å². The van der Waals surface area contributed by atoms with Crippen LogP contribution >= 0.6 is 0 Å². The number of nitrogens with one attached hydrogen (secondary N) is 1. The Kier molecular flexibility index (Phi) is 7.25. The number of nitrogens with zero attached hydrogens (tertiary/aromatic N) is 1. The summed E-state index contributed by atoms with van der Waals surface area (Å²) in [5, 5.41) is 11.5. The second kappa shape index (κ2) is 8.97. The van der Waals surface area contributed by atoms with Crippen molar-refractivity contribution in [1.82, 2.24) is 4.90 Å². The fourth-order valence-electron chi connectivity index (χ4n) is 1.81. The molecule has 2 amide bonds. The number of carbonyl (C=O) groups excluding carboxylic acids is 1. The quantitative estimate of drug-likeness (QED) is 0.720. The number of benzene rings is 1. The van der Waals surface area contributed by atoms with E-state index < -0.39 is 5.97 Å². The van der Waals surface area contributed by atoms with Gasteiger partial charge >= 0.3 is 12.0 Å². The first kappa shape index (κ1) is 17.0. The number of likely N-dealkylation sites (N-methyl/N-ethyl adjacent to an activating group) is 1. The minimum atomic E-state index is -0.875. The predicted octanol–water partition coefficient (Wildman–Crippen LogP) is 2.20. The summed E-state index contributed by atoms with van der Waals surface area (Å²) in [5.74, 6) is -0.875. The summed E-state index contributed by atoms with van der Waals surface area (Å²) < 4.78 is 5.24. The van der Waals surface area contributed by atoms with E-state index in [-0.39, 0.29) is 12.5 Å². The van der Waals surface area contributed by atoms with E-state index in [0.717, 1.165) is 0 Å². The van der Waals surface area contributed by atoms with E-state index in [0.29, 0.717) is 37.6 Å². The van der Waals surface area contributed by atoms with Crippen molar-refractivity contribution in [3.8, 4) is 0 Å². The molecular formula is C15H22N2O4. The Morgan fingerprint density at radius 3 is 2.43 bits per heavy atom. The molecule has 0 aliphatic heterocycles. The van der Waals surface area contributed by atoms with E-state index in [1.165, 1.54) is 0 Å². The van der Waals surface area contributed by atoms with Crippen molar-refractivity contribution in [1.29, 1.82) is 0 Å². The summed E-state index contributed by atoms with van der Waals surface area (Å²) in [6.45, 7) is 6.08. The lowest BCUT2D eigenvalue weighted by Gasteiger charge is -2.21. The first-order valence-corrected chi connectivity index (χ1v) is 7.01. The summed E-state index contributed by atoms with van der Waals surface area (Å²) in [7, 11) is 0. The number of anilines is 1. The Bertz CT molecular complexity index is 459. The van der Waals surface area contributed by atoms with Gasteiger partial charge in [0.2, 0.25) is 0 Å². The molecule has 0 aromatic heterocycles. The topological polar surface area (TPSA) is 78.9 Å². The number of hydrogen-bond acceptors (Lipinski definition) is 3. The Morgan fingerprint density at radius 1 is 1.24 bits per heavy atom. The first-order chi connectivity index (χ1) is 10.1. The van der Waals surface area contributed by atoms with Gasteiger partial charge in [-0.15, -0.1) is 0 Å². The van der Waals surface area contributed by atoms with Crippen molar-refractivity contribution in [3.05, 3.63) is 29.8 Å². The molecule has 0 heterocycles. The Hall–Kier alpha value is -2.08. The number of hydrogen-bond donors (Lipinski definition) is 2. The van der Waals surface area contributed by atoms with Crippen LogP contribution in [0.15, 0.2) is 24.3 Å². The first-order valence-electron chi connectivity index (χ1n) is 7.01. The fourth-order valence-corrected chi connectivity index (χ4v) is 1.81. The second-order valence-electron chi connectivity index (χ2n) is 4.47. The normalized spacial score (nSPS) is 10.2. The minimum absolute atomic E-state index is 0.0241. The van der Waals surface area contributed by atoms with Gasteiger partial charge in [-0.1, -0.05) is 12.1 Å². The van der Waals surface area contributed by atoms with Gasteiger partial charge in [-0.25, -0.2) is 4.79 Å². The molecule has 1 rings (SSSR count). The molecule has 0 bridgehead atoms. The zero-order valence-electron chi connectivity index (χ0n) is 12.5. The lowest BCUT2D eigenvalue weighted by molar-refractivity contribution is -0.136. The van der Waals surface area contributed by atoms with E-state index in [9.17, 15) is 9.59 Å². The molecule has 21 heavy (non-hydrogen) atoms. The monoisotopic (exact) mass is 294 g/mol. The average Bonchev–Trinajstić information content (AvgIpc) is 2.45. The lowest BCUT2D eigenvalue weighted by atomic mass is 10.1. The van der Waals surface area contributed by atoms with Crippen LogP contribution in [0.3, 0.4) is 0 Å². The third-order valence-electron chi connectivity index (χ3n) is 2.94. The van der Waals surface area contributed by atoms with Gasteiger partial charge < -0.3 is 20.1 Å². The van der Waals surface area contributed by atoms with Crippen LogP contribution in [0.1, 0.15) is 19.4 Å². The van der Waals surface area contributed by atoms with Crippen molar-refractivity contribution >= 4 is 17.7 Å². The summed E-state index contributed by atoms with van der Waals surface area (Å²) in [6.07, 6.45) is -0.0241. The molecule has 0 saturated heterocycles. The molecule has 116 valence electrons. The molecule has 0 atom stereocenters. The minimum Gasteiger partial charge on any atom is -0.481 e. The van der Waals surface area contributed by atoms with Gasteiger partial charge in [0.1, 0.15) is 0 Å². The van der Waals surface area contributed by atoms with Crippen LogP contribution in [0, 0.1) is 0 Å². The SMILES string of the molecule is CCOCCN(CC)C(=O)Nc1ccc(CC(=O)O)cc1. The zero-order valence-corrected chi connectivity index (χ0v) is 12.5. The van der Waals surface area contributed by atoms with Gasteiger partial charge in [-0.2, -0.15) is 0 Å². The van der Waals surface area contributed by atoms with Gasteiger partial charge in [-0.3, -0.25) is 4.79 Å². The molecule has 0 unspecified atom stereocenters. The standard InChI is InChI=1S/C15H22N2O4/c1-3-17(9-10-21-4-2)15(20)16-13-7-5-12(6-8-13)11-14(18)19/h5-8H,3-4,9-11H2,1-2H3,(H,16,20)(H,18,19). The summed E-state index contributed by atoms with van der Waals surface area (Å²) >= 11 is 0. The van der Waals surface area contributed by atoms with Crippen LogP contribution in [-0.4, -0.2) is 48.3 Å². The van der Waals surface area contributed by atoms with Gasteiger partial charge in [-0.05, 0) is 31.5 Å². The smallest absolute Gasteiger partial charge is 0.321 e. The molecule has 6 nitrogen and oxygen atoms in total. The van der Waals surface area contributed by atoms with Gasteiger partial charge in [0, 0.05) is 25.4 Å². The molecule has 0 aliphatic carbocycles. The molecule has 0 aliphatic rings. The summed E-state index contributed by atoms with van der Waals surface area (Å²) in [4.78, 5) is 24.3.